The first-order chi connectivity index (χ1) is 7.31. The number of rotatable bonds is 6. The van der Waals surface area contributed by atoms with E-state index in [-0.39, 0.29) is 11.9 Å². The van der Waals surface area contributed by atoms with E-state index in [0.717, 1.165) is 26.1 Å². The summed E-state index contributed by atoms with van der Waals surface area (Å²) in [6.07, 6.45) is 3.44. The lowest BCUT2D eigenvalue weighted by molar-refractivity contribution is -0.130. The molecule has 1 unspecified atom stereocenters. The van der Waals surface area contributed by atoms with Gasteiger partial charge in [0.05, 0.1) is 12.6 Å². The number of ether oxygens (including phenoxy) is 1. The molecule has 86 valence electrons. The molecule has 1 aliphatic carbocycles. The first-order valence-electron chi connectivity index (χ1n) is 5.94. The molecule has 0 radical (unpaired) electrons. The molecule has 4 nitrogen and oxygen atoms in total. The van der Waals surface area contributed by atoms with E-state index < -0.39 is 0 Å². The van der Waals surface area contributed by atoms with Crippen molar-refractivity contribution in [3.63, 3.8) is 0 Å². The molecule has 1 aliphatic heterocycles. The number of carbonyl (C=O) groups excluding carboxylic acids is 1. The van der Waals surface area contributed by atoms with Crippen molar-refractivity contribution < 1.29 is 9.53 Å². The van der Waals surface area contributed by atoms with Crippen molar-refractivity contribution in [3.05, 3.63) is 0 Å². The zero-order valence-corrected chi connectivity index (χ0v) is 9.37. The highest BCUT2D eigenvalue weighted by Gasteiger charge is 2.35. The average Bonchev–Trinajstić information content (AvgIpc) is 2.98. The number of nitrogens with zero attached hydrogens (tertiary/aromatic N) is 1. The van der Waals surface area contributed by atoms with E-state index in [9.17, 15) is 4.79 Å². The first-order valence-corrected chi connectivity index (χ1v) is 5.94. The van der Waals surface area contributed by atoms with Crippen LogP contribution in [0.25, 0.3) is 0 Å². The van der Waals surface area contributed by atoms with Crippen LogP contribution in [-0.2, 0) is 9.53 Å². The van der Waals surface area contributed by atoms with E-state index >= 15 is 0 Å². The molecule has 2 aliphatic rings. The molecule has 0 aromatic carbocycles. The maximum atomic E-state index is 11.9. The van der Waals surface area contributed by atoms with Crippen LogP contribution in [0.3, 0.4) is 0 Å². The van der Waals surface area contributed by atoms with Crippen LogP contribution < -0.4 is 5.32 Å². The smallest absolute Gasteiger partial charge is 0.239 e. The van der Waals surface area contributed by atoms with Gasteiger partial charge < -0.3 is 15.0 Å². The molecule has 0 aromatic heterocycles. The van der Waals surface area contributed by atoms with Crippen LogP contribution >= 0.6 is 0 Å². The predicted molar refractivity (Wildman–Crippen MR) is 57.6 cm³/mol. The Kier molecular flexibility index (Phi) is 3.59. The molecule has 2 rings (SSSR count). The van der Waals surface area contributed by atoms with E-state index in [0.29, 0.717) is 12.6 Å². The van der Waals surface area contributed by atoms with Gasteiger partial charge in [-0.05, 0) is 26.2 Å². The van der Waals surface area contributed by atoms with Crippen molar-refractivity contribution in [2.75, 3.05) is 26.3 Å². The fraction of sp³-hybridized carbons (Fsp3) is 0.909. The van der Waals surface area contributed by atoms with Crippen molar-refractivity contribution in [1.82, 2.24) is 10.2 Å². The molecule has 0 bridgehead atoms. The first kappa shape index (κ1) is 10.9. The lowest BCUT2D eigenvalue weighted by Crippen LogP contribution is -2.40. The summed E-state index contributed by atoms with van der Waals surface area (Å²) in [5.74, 6) is 0.265. The Bertz CT molecular complexity index is 229. The van der Waals surface area contributed by atoms with Crippen molar-refractivity contribution in [1.29, 1.82) is 0 Å². The SMILES string of the molecule is CCOCCN1CCC(NC2CC2)C1=O. The summed E-state index contributed by atoms with van der Waals surface area (Å²) in [6, 6.07) is 0.699. The van der Waals surface area contributed by atoms with Gasteiger partial charge in [-0.2, -0.15) is 0 Å². The van der Waals surface area contributed by atoms with Crippen LogP contribution in [0.2, 0.25) is 0 Å². The van der Waals surface area contributed by atoms with Crippen molar-refractivity contribution in [3.8, 4) is 0 Å². The Morgan fingerprint density at radius 3 is 2.93 bits per heavy atom. The minimum absolute atomic E-state index is 0.0825. The predicted octanol–water partition coefficient (Wildman–Crippen LogP) is 0.376. The molecule has 0 spiro atoms. The second kappa shape index (κ2) is 4.94. The standard InChI is InChI=1S/C11H20N2O2/c1-2-15-8-7-13-6-5-10(11(13)14)12-9-3-4-9/h9-10,12H,2-8H2,1H3. The quantitative estimate of drug-likeness (QED) is 0.647. The number of hydrogen-bond acceptors (Lipinski definition) is 3. The summed E-state index contributed by atoms with van der Waals surface area (Å²) in [4.78, 5) is 13.8. The third-order valence-corrected chi connectivity index (χ3v) is 3.02. The van der Waals surface area contributed by atoms with Gasteiger partial charge in [-0.3, -0.25) is 4.79 Å². The number of likely N-dealkylation sites (tertiary alicyclic amines) is 1. The highest BCUT2D eigenvalue weighted by atomic mass is 16.5. The molecule has 2 fully saturated rings. The average molecular weight is 212 g/mol. The van der Waals surface area contributed by atoms with E-state index in [2.05, 4.69) is 5.32 Å². The van der Waals surface area contributed by atoms with Gasteiger partial charge in [0.25, 0.3) is 0 Å². The summed E-state index contributed by atoms with van der Waals surface area (Å²) in [6.45, 7) is 5.00. The fourth-order valence-electron chi connectivity index (χ4n) is 1.97. The van der Waals surface area contributed by atoms with Crippen LogP contribution in [0, 0.1) is 0 Å². The van der Waals surface area contributed by atoms with Gasteiger partial charge in [0.2, 0.25) is 5.91 Å². The monoisotopic (exact) mass is 212 g/mol. The Labute approximate surface area is 91.0 Å². The van der Waals surface area contributed by atoms with Gasteiger partial charge >= 0.3 is 0 Å². The summed E-state index contributed by atoms with van der Waals surface area (Å²) < 4.78 is 5.26. The van der Waals surface area contributed by atoms with Crippen molar-refractivity contribution >= 4 is 5.91 Å². The molecule has 1 amide bonds. The van der Waals surface area contributed by atoms with E-state index in [1.165, 1.54) is 12.8 Å². The fourth-order valence-corrected chi connectivity index (χ4v) is 1.97. The lowest BCUT2D eigenvalue weighted by Gasteiger charge is -2.16. The number of hydrogen-bond donors (Lipinski definition) is 1. The summed E-state index contributed by atoms with van der Waals surface area (Å²) in [7, 11) is 0. The second-order valence-corrected chi connectivity index (χ2v) is 4.30. The molecule has 1 heterocycles. The van der Waals surface area contributed by atoms with E-state index in [4.69, 9.17) is 4.74 Å². The molecule has 0 aromatic rings. The van der Waals surface area contributed by atoms with Crippen LogP contribution in [0.15, 0.2) is 0 Å². The zero-order chi connectivity index (χ0) is 10.7. The van der Waals surface area contributed by atoms with Crippen LogP contribution in [0.1, 0.15) is 26.2 Å². The van der Waals surface area contributed by atoms with Crippen molar-refractivity contribution in [2.45, 2.75) is 38.3 Å². The normalized spacial score (nSPS) is 26.3. The minimum Gasteiger partial charge on any atom is -0.380 e. The van der Waals surface area contributed by atoms with E-state index in [1.807, 2.05) is 11.8 Å². The zero-order valence-electron chi connectivity index (χ0n) is 9.37. The number of carbonyl (C=O) groups is 1. The Morgan fingerprint density at radius 2 is 2.27 bits per heavy atom. The Hall–Kier alpha value is -0.610. The number of nitrogens with one attached hydrogen (secondary N) is 1. The molecule has 1 saturated heterocycles. The summed E-state index contributed by atoms with van der Waals surface area (Å²) in [5.41, 5.74) is 0. The molecule has 15 heavy (non-hydrogen) atoms. The molecular formula is C11H20N2O2. The second-order valence-electron chi connectivity index (χ2n) is 4.30. The lowest BCUT2D eigenvalue weighted by atomic mass is 10.2. The highest BCUT2D eigenvalue weighted by Crippen LogP contribution is 2.22. The molecule has 1 N–H and O–H groups in total. The minimum atomic E-state index is 0.0825. The largest absolute Gasteiger partial charge is 0.380 e. The van der Waals surface area contributed by atoms with Crippen LogP contribution in [0.5, 0.6) is 0 Å². The van der Waals surface area contributed by atoms with Gasteiger partial charge in [0, 0.05) is 25.7 Å². The Balaban J connectivity index is 1.70. The van der Waals surface area contributed by atoms with Gasteiger partial charge in [-0.15, -0.1) is 0 Å². The third-order valence-electron chi connectivity index (χ3n) is 3.02. The van der Waals surface area contributed by atoms with E-state index in [1.54, 1.807) is 0 Å². The van der Waals surface area contributed by atoms with Gasteiger partial charge in [0.1, 0.15) is 0 Å². The molecular weight excluding hydrogens is 192 g/mol. The van der Waals surface area contributed by atoms with Gasteiger partial charge in [0.15, 0.2) is 0 Å². The van der Waals surface area contributed by atoms with Gasteiger partial charge in [-0.1, -0.05) is 0 Å². The number of amides is 1. The van der Waals surface area contributed by atoms with Crippen LogP contribution in [-0.4, -0.2) is 49.2 Å². The molecule has 1 saturated carbocycles. The van der Waals surface area contributed by atoms with Crippen molar-refractivity contribution in [2.24, 2.45) is 0 Å². The topological polar surface area (TPSA) is 41.6 Å². The molecule has 4 heteroatoms. The Morgan fingerprint density at radius 1 is 1.47 bits per heavy atom. The highest BCUT2D eigenvalue weighted by molar-refractivity contribution is 5.84. The summed E-state index contributed by atoms with van der Waals surface area (Å²) >= 11 is 0. The van der Waals surface area contributed by atoms with Gasteiger partial charge in [-0.25, -0.2) is 0 Å². The summed E-state index contributed by atoms with van der Waals surface area (Å²) in [5, 5.41) is 3.39. The maximum absolute atomic E-state index is 11.9. The molecule has 1 atom stereocenters. The third kappa shape index (κ3) is 2.92. The van der Waals surface area contributed by atoms with Crippen LogP contribution in [0.4, 0.5) is 0 Å². The maximum Gasteiger partial charge on any atom is 0.239 e.